The lowest BCUT2D eigenvalue weighted by molar-refractivity contribution is -0.120. The van der Waals surface area contributed by atoms with Gasteiger partial charge in [-0.25, -0.2) is 4.98 Å². The minimum atomic E-state index is -0.0360. The summed E-state index contributed by atoms with van der Waals surface area (Å²) in [4.78, 5) is 15.6. The molecule has 0 aliphatic heterocycles. The molecule has 1 amide bonds. The highest BCUT2D eigenvalue weighted by Crippen LogP contribution is 2.07. The molecule has 0 bridgehead atoms. The molecular formula is C12H21N3O3. The first-order valence-corrected chi connectivity index (χ1v) is 6.02. The SMILES string of the molecule is COCCCNC(=O)CNCc1nc(C)c(C)o1. The van der Waals surface area contributed by atoms with Gasteiger partial charge in [0.15, 0.2) is 0 Å². The molecule has 0 radical (unpaired) electrons. The summed E-state index contributed by atoms with van der Waals surface area (Å²) in [7, 11) is 1.64. The molecule has 0 atom stereocenters. The fourth-order valence-corrected chi connectivity index (χ4v) is 1.40. The first-order chi connectivity index (χ1) is 8.63. The number of nitrogens with zero attached hydrogens (tertiary/aromatic N) is 1. The van der Waals surface area contributed by atoms with Gasteiger partial charge in [-0.1, -0.05) is 0 Å². The maximum Gasteiger partial charge on any atom is 0.233 e. The average Bonchev–Trinajstić information content (AvgIpc) is 2.64. The van der Waals surface area contributed by atoms with Crippen molar-refractivity contribution in [3.05, 3.63) is 17.3 Å². The van der Waals surface area contributed by atoms with E-state index >= 15 is 0 Å². The molecule has 0 unspecified atom stereocenters. The molecule has 102 valence electrons. The summed E-state index contributed by atoms with van der Waals surface area (Å²) in [5.74, 6) is 1.39. The summed E-state index contributed by atoms with van der Waals surface area (Å²) in [6.45, 7) is 5.76. The molecule has 1 aromatic rings. The van der Waals surface area contributed by atoms with Crippen LogP contribution in [0.3, 0.4) is 0 Å². The minimum absolute atomic E-state index is 0.0360. The normalized spacial score (nSPS) is 10.6. The first kappa shape index (κ1) is 14.7. The highest BCUT2D eigenvalue weighted by Gasteiger charge is 2.06. The fraction of sp³-hybridized carbons (Fsp3) is 0.667. The Labute approximate surface area is 107 Å². The smallest absolute Gasteiger partial charge is 0.233 e. The van der Waals surface area contributed by atoms with Crippen molar-refractivity contribution in [1.29, 1.82) is 0 Å². The van der Waals surface area contributed by atoms with Crippen molar-refractivity contribution in [3.8, 4) is 0 Å². The Morgan fingerprint density at radius 2 is 2.22 bits per heavy atom. The molecular weight excluding hydrogens is 234 g/mol. The summed E-state index contributed by atoms with van der Waals surface area (Å²) in [6, 6.07) is 0. The molecule has 0 aliphatic rings. The van der Waals surface area contributed by atoms with Crippen molar-refractivity contribution in [2.75, 3.05) is 26.8 Å². The molecule has 6 heteroatoms. The summed E-state index contributed by atoms with van der Waals surface area (Å²) in [5, 5.41) is 5.77. The van der Waals surface area contributed by atoms with Crippen molar-refractivity contribution < 1.29 is 13.9 Å². The summed E-state index contributed by atoms with van der Waals surface area (Å²) < 4.78 is 10.3. The van der Waals surface area contributed by atoms with Gasteiger partial charge in [0.25, 0.3) is 0 Å². The Bertz CT molecular complexity index is 357. The van der Waals surface area contributed by atoms with Crippen LogP contribution in [0.15, 0.2) is 4.42 Å². The number of aryl methyl sites for hydroxylation is 2. The third kappa shape index (κ3) is 5.29. The van der Waals surface area contributed by atoms with Gasteiger partial charge >= 0.3 is 0 Å². The van der Waals surface area contributed by atoms with Crippen LogP contribution in [0.1, 0.15) is 23.8 Å². The van der Waals surface area contributed by atoms with Crippen LogP contribution in [0, 0.1) is 13.8 Å². The zero-order valence-electron chi connectivity index (χ0n) is 11.2. The van der Waals surface area contributed by atoms with Crippen LogP contribution in [-0.4, -0.2) is 37.7 Å². The molecule has 0 aliphatic carbocycles. The maximum atomic E-state index is 11.4. The third-order valence-corrected chi connectivity index (χ3v) is 2.48. The van der Waals surface area contributed by atoms with Gasteiger partial charge in [0, 0.05) is 20.3 Å². The van der Waals surface area contributed by atoms with Gasteiger partial charge in [-0.15, -0.1) is 0 Å². The second-order valence-electron chi connectivity index (χ2n) is 4.05. The number of hydrogen-bond acceptors (Lipinski definition) is 5. The quantitative estimate of drug-likeness (QED) is 0.663. The predicted octanol–water partition coefficient (Wildman–Crippen LogP) is 0.534. The van der Waals surface area contributed by atoms with Gasteiger partial charge in [-0.3, -0.25) is 10.1 Å². The van der Waals surface area contributed by atoms with Crippen molar-refractivity contribution in [3.63, 3.8) is 0 Å². The molecule has 1 rings (SSSR count). The lowest BCUT2D eigenvalue weighted by atomic mass is 10.4. The van der Waals surface area contributed by atoms with Crippen LogP contribution in [0.5, 0.6) is 0 Å². The lowest BCUT2D eigenvalue weighted by Crippen LogP contribution is -2.34. The number of nitrogens with one attached hydrogen (secondary N) is 2. The number of amides is 1. The zero-order valence-corrected chi connectivity index (χ0v) is 11.2. The highest BCUT2D eigenvalue weighted by atomic mass is 16.5. The van der Waals surface area contributed by atoms with E-state index < -0.39 is 0 Å². The van der Waals surface area contributed by atoms with Crippen molar-refractivity contribution in [2.45, 2.75) is 26.8 Å². The van der Waals surface area contributed by atoms with E-state index in [0.29, 0.717) is 25.6 Å². The standard InChI is InChI=1S/C12H21N3O3/c1-9-10(2)18-12(15-9)8-13-7-11(16)14-5-4-6-17-3/h13H,4-8H2,1-3H3,(H,14,16). The fourth-order valence-electron chi connectivity index (χ4n) is 1.40. The third-order valence-electron chi connectivity index (χ3n) is 2.48. The second-order valence-corrected chi connectivity index (χ2v) is 4.05. The largest absolute Gasteiger partial charge is 0.444 e. The van der Waals surface area contributed by atoms with Crippen LogP contribution in [-0.2, 0) is 16.1 Å². The van der Waals surface area contributed by atoms with Crippen LogP contribution < -0.4 is 10.6 Å². The van der Waals surface area contributed by atoms with Gasteiger partial charge < -0.3 is 14.5 Å². The number of hydrogen-bond donors (Lipinski definition) is 2. The van der Waals surface area contributed by atoms with E-state index in [0.717, 1.165) is 17.9 Å². The zero-order chi connectivity index (χ0) is 13.4. The molecule has 18 heavy (non-hydrogen) atoms. The topological polar surface area (TPSA) is 76.4 Å². The van der Waals surface area contributed by atoms with Gasteiger partial charge in [-0.05, 0) is 20.3 Å². The van der Waals surface area contributed by atoms with E-state index in [-0.39, 0.29) is 12.5 Å². The number of methoxy groups -OCH3 is 1. The second kappa shape index (κ2) is 7.84. The number of carbonyl (C=O) groups is 1. The summed E-state index contributed by atoms with van der Waals surface area (Å²) in [5.41, 5.74) is 0.885. The highest BCUT2D eigenvalue weighted by molar-refractivity contribution is 5.77. The van der Waals surface area contributed by atoms with E-state index in [1.54, 1.807) is 7.11 Å². The minimum Gasteiger partial charge on any atom is -0.444 e. The van der Waals surface area contributed by atoms with Crippen LogP contribution in [0.4, 0.5) is 0 Å². The summed E-state index contributed by atoms with van der Waals surface area (Å²) >= 11 is 0. The van der Waals surface area contributed by atoms with E-state index in [9.17, 15) is 4.79 Å². The molecule has 0 spiro atoms. The van der Waals surface area contributed by atoms with Gasteiger partial charge in [0.1, 0.15) is 5.76 Å². The van der Waals surface area contributed by atoms with Crippen LogP contribution in [0.2, 0.25) is 0 Å². The monoisotopic (exact) mass is 255 g/mol. The number of carbonyl (C=O) groups excluding carboxylic acids is 1. The van der Waals surface area contributed by atoms with E-state index in [4.69, 9.17) is 9.15 Å². The first-order valence-electron chi connectivity index (χ1n) is 6.02. The van der Waals surface area contributed by atoms with Gasteiger partial charge in [-0.2, -0.15) is 0 Å². The van der Waals surface area contributed by atoms with Crippen LogP contribution in [0.25, 0.3) is 0 Å². The van der Waals surface area contributed by atoms with E-state index in [1.807, 2.05) is 13.8 Å². The van der Waals surface area contributed by atoms with Gasteiger partial charge in [0.05, 0.1) is 18.8 Å². The number of oxazole rings is 1. The number of ether oxygens (including phenoxy) is 1. The molecule has 0 saturated carbocycles. The molecule has 2 N–H and O–H groups in total. The van der Waals surface area contributed by atoms with E-state index in [1.165, 1.54) is 0 Å². The van der Waals surface area contributed by atoms with Crippen LogP contribution >= 0.6 is 0 Å². The van der Waals surface area contributed by atoms with Crippen molar-refractivity contribution in [1.82, 2.24) is 15.6 Å². The van der Waals surface area contributed by atoms with Gasteiger partial charge in [0.2, 0.25) is 11.8 Å². The molecule has 0 saturated heterocycles. The molecule has 0 fully saturated rings. The maximum absolute atomic E-state index is 11.4. The molecule has 0 aromatic carbocycles. The summed E-state index contributed by atoms with van der Waals surface area (Å²) in [6.07, 6.45) is 0.820. The Hall–Kier alpha value is -1.40. The Morgan fingerprint density at radius 3 is 2.83 bits per heavy atom. The van der Waals surface area contributed by atoms with Crippen molar-refractivity contribution in [2.24, 2.45) is 0 Å². The number of rotatable bonds is 8. The lowest BCUT2D eigenvalue weighted by Gasteiger charge is -2.05. The average molecular weight is 255 g/mol. The van der Waals surface area contributed by atoms with E-state index in [2.05, 4.69) is 15.6 Å². The van der Waals surface area contributed by atoms with Crippen molar-refractivity contribution >= 4 is 5.91 Å². The molecule has 1 aromatic heterocycles. The molecule has 1 heterocycles. The predicted molar refractivity (Wildman–Crippen MR) is 67.2 cm³/mol. The molecule has 6 nitrogen and oxygen atoms in total. The number of aromatic nitrogens is 1. The Balaban J connectivity index is 2.11. The Kier molecular flexibility index (Phi) is 6.38. The Morgan fingerprint density at radius 1 is 1.44 bits per heavy atom.